The van der Waals surface area contributed by atoms with Gasteiger partial charge in [0.2, 0.25) is 0 Å². The number of aryl methyl sites for hydroxylation is 1. The largest absolute Gasteiger partial charge is 0.312 e. The zero-order valence-corrected chi connectivity index (χ0v) is 10.5. The molecule has 2 aromatic rings. The standard InChI is InChI=1S/C12H17N3S/c1-3-13-8-12-7-11(10(2)16-12)9-15-6-4-5-14-15/h4-7,13H,3,8-9H2,1-2H3. The maximum Gasteiger partial charge on any atom is 0.0670 e. The van der Waals surface area contributed by atoms with E-state index >= 15 is 0 Å². The first-order chi connectivity index (χ1) is 7.79. The summed E-state index contributed by atoms with van der Waals surface area (Å²) in [5, 5.41) is 7.58. The van der Waals surface area contributed by atoms with Crippen LogP contribution in [-0.4, -0.2) is 16.3 Å². The van der Waals surface area contributed by atoms with E-state index in [2.05, 4.69) is 30.3 Å². The molecule has 0 aliphatic rings. The highest BCUT2D eigenvalue weighted by atomic mass is 32.1. The van der Waals surface area contributed by atoms with Gasteiger partial charge in [0, 0.05) is 28.7 Å². The van der Waals surface area contributed by atoms with Crippen LogP contribution in [0.3, 0.4) is 0 Å². The van der Waals surface area contributed by atoms with Crippen LogP contribution in [0, 0.1) is 6.92 Å². The van der Waals surface area contributed by atoms with E-state index in [0.717, 1.165) is 19.6 Å². The van der Waals surface area contributed by atoms with E-state index in [4.69, 9.17) is 0 Å². The fourth-order valence-electron chi connectivity index (χ4n) is 1.65. The highest BCUT2D eigenvalue weighted by molar-refractivity contribution is 7.12. The van der Waals surface area contributed by atoms with Crippen molar-refractivity contribution < 1.29 is 0 Å². The van der Waals surface area contributed by atoms with Gasteiger partial charge in [0.1, 0.15) is 0 Å². The first kappa shape index (κ1) is 11.4. The van der Waals surface area contributed by atoms with Crippen molar-refractivity contribution in [3.63, 3.8) is 0 Å². The number of aromatic nitrogens is 2. The molecular weight excluding hydrogens is 218 g/mol. The predicted molar refractivity (Wildman–Crippen MR) is 67.8 cm³/mol. The molecule has 3 nitrogen and oxygen atoms in total. The zero-order chi connectivity index (χ0) is 11.4. The summed E-state index contributed by atoms with van der Waals surface area (Å²) in [5.41, 5.74) is 1.38. The number of rotatable bonds is 5. The number of hydrogen-bond donors (Lipinski definition) is 1. The molecule has 86 valence electrons. The van der Waals surface area contributed by atoms with Crippen molar-refractivity contribution in [3.05, 3.63) is 39.8 Å². The van der Waals surface area contributed by atoms with Gasteiger partial charge in [-0.3, -0.25) is 4.68 Å². The third-order valence-electron chi connectivity index (χ3n) is 2.51. The second kappa shape index (κ2) is 5.27. The maximum atomic E-state index is 4.23. The number of nitrogens with one attached hydrogen (secondary N) is 1. The van der Waals surface area contributed by atoms with Crippen LogP contribution in [0.25, 0.3) is 0 Å². The highest BCUT2D eigenvalue weighted by Gasteiger charge is 2.05. The summed E-state index contributed by atoms with van der Waals surface area (Å²) in [4.78, 5) is 2.80. The quantitative estimate of drug-likeness (QED) is 0.862. The molecule has 4 heteroatoms. The Labute approximate surface area is 100 Å². The van der Waals surface area contributed by atoms with E-state index in [1.807, 2.05) is 34.5 Å². The summed E-state index contributed by atoms with van der Waals surface area (Å²) >= 11 is 1.87. The third kappa shape index (κ3) is 2.71. The molecule has 0 saturated heterocycles. The van der Waals surface area contributed by atoms with Crippen LogP contribution in [0.5, 0.6) is 0 Å². The lowest BCUT2D eigenvalue weighted by Crippen LogP contribution is -2.10. The van der Waals surface area contributed by atoms with E-state index in [1.54, 1.807) is 0 Å². The molecule has 0 spiro atoms. The molecular formula is C12H17N3S. The van der Waals surface area contributed by atoms with Crippen molar-refractivity contribution in [1.29, 1.82) is 0 Å². The monoisotopic (exact) mass is 235 g/mol. The average molecular weight is 235 g/mol. The summed E-state index contributed by atoms with van der Waals surface area (Å²) in [6, 6.07) is 4.24. The van der Waals surface area contributed by atoms with Gasteiger partial charge in [-0.25, -0.2) is 0 Å². The van der Waals surface area contributed by atoms with Gasteiger partial charge in [-0.1, -0.05) is 6.92 Å². The minimum absolute atomic E-state index is 0.876. The van der Waals surface area contributed by atoms with Crippen LogP contribution in [0.15, 0.2) is 24.5 Å². The fraction of sp³-hybridized carbons (Fsp3) is 0.417. The Morgan fingerprint density at radius 1 is 1.50 bits per heavy atom. The van der Waals surface area contributed by atoms with Crippen molar-refractivity contribution in [1.82, 2.24) is 15.1 Å². The van der Waals surface area contributed by atoms with Gasteiger partial charge in [0.05, 0.1) is 6.54 Å². The molecule has 2 heterocycles. The Morgan fingerprint density at radius 3 is 3.06 bits per heavy atom. The summed E-state index contributed by atoms with van der Waals surface area (Å²) in [7, 11) is 0. The van der Waals surface area contributed by atoms with Gasteiger partial charge in [-0.2, -0.15) is 5.10 Å². The van der Waals surface area contributed by atoms with Gasteiger partial charge in [-0.15, -0.1) is 11.3 Å². The van der Waals surface area contributed by atoms with Gasteiger partial charge >= 0.3 is 0 Å². The summed E-state index contributed by atoms with van der Waals surface area (Å²) < 4.78 is 1.96. The number of thiophene rings is 1. The van der Waals surface area contributed by atoms with E-state index < -0.39 is 0 Å². The normalized spacial score (nSPS) is 10.9. The molecule has 1 N–H and O–H groups in total. The van der Waals surface area contributed by atoms with Crippen molar-refractivity contribution in [3.8, 4) is 0 Å². The second-order valence-electron chi connectivity index (χ2n) is 3.78. The lowest BCUT2D eigenvalue weighted by Gasteiger charge is -1.99. The predicted octanol–water partition coefficient (Wildman–Crippen LogP) is 2.41. The molecule has 0 amide bonds. The van der Waals surface area contributed by atoms with E-state index in [-0.39, 0.29) is 0 Å². The Kier molecular flexibility index (Phi) is 3.74. The van der Waals surface area contributed by atoms with Crippen LogP contribution in [0.2, 0.25) is 0 Å². The SMILES string of the molecule is CCNCc1cc(Cn2cccn2)c(C)s1. The molecule has 0 unspecified atom stereocenters. The van der Waals surface area contributed by atoms with Crippen LogP contribution >= 0.6 is 11.3 Å². The molecule has 0 bridgehead atoms. The molecule has 0 atom stereocenters. The Balaban J connectivity index is 2.06. The molecule has 2 rings (SSSR count). The minimum atomic E-state index is 0.876. The van der Waals surface area contributed by atoms with Crippen LogP contribution in [0.4, 0.5) is 0 Å². The molecule has 2 aromatic heterocycles. The van der Waals surface area contributed by atoms with Gasteiger partial charge in [0.25, 0.3) is 0 Å². The Hall–Kier alpha value is -1.13. The molecule has 16 heavy (non-hydrogen) atoms. The van der Waals surface area contributed by atoms with Crippen LogP contribution in [-0.2, 0) is 13.1 Å². The van der Waals surface area contributed by atoms with E-state index in [1.165, 1.54) is 15.3 Å². The van der Waals surface area contributed by atoms with Gasteiger partial charge in [-0.05, 0) is 31.2 Å². The summed E-state index contributed by atoms with van der Waals surface area (Å²) in [5.74, 6) is 0. The van der Waals surface area contributed by atoms with Crippen molar-refractivity contribution in [2.24, 2.45) is 0 Å². The molecule has 0 radical (unpaired) electrons. The first-order valence-corrected chi connectivity index (χ1v) is 6.37. The fourth-order valence-corrected chi connectivity index (χ4v) is 2.67. The van der Waals surface area contributed by atoms with E-state index in [0.29, 0.717) is 0 Å². The first-order valence-electron chi connectivity index (χ1n) is 5.56. The zero-order valence-electron chi connectivity index (χ0n) is 9.73. The van der Waals surface area contributed by atoms with Crippen molar-refractivity contribution in [2.45, 2.75) is 26.9 Å². The Morgan fingerprint density at radius 2 is 2.38 bits per heavy atom. The van der Waals surface area contributed by atoms with Gasteiger partial charge < -0.3 is 5.32 Å². The second-order valence-corrected chi connectivity index (χ2v) is 5.12. The number of nitrogens with zero attached hydrogens (tertiary/aromatic N) is 2. The lowest BCUT2D eigenvalue weighted by atomic mass is 10.2. The maximum absolute atomic E-state index is 4.23. The van der Waals surface area contributed by atoms with E-state index in [9.17, 15) is 0 Å². The van der Waals surface area contributed by atoms with Crippen LogP contribution in [0.1, 0.15) is 22.2 Å². The smallest absolute Gasteiger partial charge is 0.0670 e. The molecule has 0 aromatic carbocycles. The molecule has 0 aliphatic carbocycles. The topological polar surface area (TPSA) is 29.9 Å². The van der Waals surface area contributed by atoms with Crippen LogP contribution < -0.4 is 5.32 Å². The number of hydrogen-bond acceptors (Lipinski definition) is 3. The lowest BCUT2D eigenvalue weighted by molar-refractivity contribution is 0.684. The van der Waals surface area contributed by atoms with Gasteiger partial charge in [0.15, 0.2) is 0 Å². The summed E-state index contributed by atoms with van der Waals surface area (Å²) in [6.07, 6.45) is 3.82. The summed E-state index contributed by atoms with van der Waals surface area (Å²) in [6.45, 7) is 7.18. The van der Waals surface area contributed by atoms with Crippen molar-refractivity contribution in [2.75, 3.05) is 6.54 Å². The highest BCUT2D eigenvalue weighted by Crippen LogP contribution is 2.22. The molecule has 0 fully saturated rings. The van der Waals surface area contributed by atoms with Crippen molar-refractivity contribution >= 4 is 11.3 Å². The minimum Gasteiger partial charge on any atom is -0.312 e. The Bertz CT molecular complexity index is 431. The molecule has 0 saturated carbocycles. The molecule has 0 aliphatic heterocycles. The average Bonchev–Trinajstić information content (AvgIpc) is 2.87. The third-order valence-corrected chi connectivity index (χ3v) is 3.61.